The first kappa shape index (κ1) is 22.8. The molecule has 8 nitrogen and oxygen atoms in total. The van der Waals surface area contributed by atoms with E-state index in [0.717, 1.165) is 22.6 Å². The fourth-order valence-electron chi connectivity index (χ4n) is 3.24. The SMILES string of the molecule is COc1cccc(Oc2ccc(CNC(=O)c3cccc(OCc4c(C)noc4C)c3)cn2)c1. The summed E-state index contributed by atoms with van der Waals surface area (Å²) in [5.41, 5.74) is 3.04. The molecule has 0 radical (unpaired) electrons. The molecule has 0 atom stereocenters. The number of nitrogens with zero attached hydrogens (tertiary/aromatic N) is 2. The normalized spacial score (nSPS) is 10.6. The minimum atomic E-state index is -0.209. The highest BCUT2D eigenvalue weighted by Gasteiger charge is 2.11. The lowest BCUT2D eigenvalue weighted by Gasteiger charge is -2.09. The minimum Gasteiger partial charge on any atom is -0.497 e. The number of aromatic nitrogens is 2. The third kappa shape index (κ3) is 5.72. The number of methoxy groups -OCH3 is 1. The summed E-state index contributed by atoms with van der Waals surface area (Å²) < 4.78 is 21.9. The molecule has 2 aromatic carbocycles. The molecule has 0 aliphatic carbocycles. The minimum absolute atomic E-state index is 0.209. The van der Waals surface area contributed by atoms with Crippen molar-refractivity contribution >= 4 is 5.91 Å². The van der Waals surface area contributed by atoms with Gasteiger partial charge >= 0.3 is 0 Å². The highest BCUT2D eigenvalue weighted by molar-refractivity contribution is 5.94. The zero-order valence-electron chi connectivity index (χ0n) is 19.2. The van der Waals surface area contributed by atoms with Crippen molar-refractivity contribution < 1.29 is 23.5 Å². The number of aryl methyl sites for hydroxylation is 2. The third-order valence-electron chi connectivity index (χ3n) is 5.17. The van der Waals surface area contributed by atoms with E-state index in [1.807, 2.05) is 38.1 Å². The highest BCUT2D eigenvalue weighted by atomic mass is 16.5. The van der Waals surface area contributed by atoms with E-state index in [9.17, 15) is 4.79 Å². The average molecular weight is 460 g/mol. The maximum Gasteiger partial charge on any atom is 0.251 e. The zero-order valence-corrected chi connectivity index (χ0v) is 19.2. The van der Waals surface area contributed by atoms with Gasteiger partial charge in [-0.25, -0.2) is 4.98 Å². The topological polar surface area (TPSA) is 95.7 Å². The molecule has 0 aliphatic rings. The van der Waals surface area contributed by atoms with Crippen LogP contribution in [0.25, 0.3) is 0 Å². The van der Waals surface area contributed by atoms with E-state index >= 15 is 0 Å². The largest absolute Gasteiger partial charge is 0.497 e. The van der Waals surface area contributed by atoms with Crippen molar-refractivity contribution in [1.82, 2.24) is 15.5 Å². The van der Waals surface area contributed by atoms with Crippen molar-refractivity contribution in [3.8, 4) is 23.1 Å². The Morgan fingerprint density at radius 2 is 1.79 bits per heavy atom. The molecule has 0 aliphatic heterocycles. The molecular formula is C26H25N3O5. The van der Waals surface area contributed by atoms with Crippen molar-refractivity contribution in [1.29, 1.82) is 0 Å². The van der Waals surface area contributed by atoms with Crippen LogP contribution in [0.1, 0.15) is 32.9 Å². The molecule has 4 rings (SSSR count). The number of benzene rings is 2. The lowest BCUT2D eigenvalue weighted by molar-refractivity contribution is 0.0950. The van der Waals surface area contributed by atoms with Crippen LogP contribution in [0.15, 0.2) is 71.4 Å². The zero-order chi connectivity index (χ0) is 23.9. The van der Waals surface area contributed by atoms with Crippen LogP contribution in [0, 0.1) is 13.8 Å². The summed E-state index contributed by atoms with van der Waals surface area (Å²) in [6.45, 7) is 4.36. The second-order valence-electron chi connectivity index (χ2n) is 7.59. The summed E-state index contributed by atoms with van der Waals surface area (Å²) in [6.07, 6.45) is 1.67. The first-order valence-electron chi connectivity index (χ1n) is 10.7. The van der Waals surface area contributed by atoms with Crippen LogP contribution >= 0.6 is 0 Å². The number of carbonyl (C=O) groups is 1. The fraction of sp³-hybridized carbons (Fsp3) is 0.192. The van der Waals surface area contributed by atoms with E-state index in [2.05, 4.69) is 15.5 Å². The predicted octanol–water partition coefficient (Wildman–Crippen LogP) is 5.00. The van der Waals surface area contributed by atoms with Crippen molar-refractivity contribution in [2.24, 2.45) is 0 Å². The van der Waals surface area contributed by atoms with Gasteiger partial charge in [-0.15, -0.1) is 0 Å². The van der Waals surface area contributed by atoms with Crippen LogP contribution in [0.3, 0.4) is 0 Å². The molecule has 2 heterocycles. The number of carbonyl (C=O) groups excluding carboxylic acids is 1. The van der Waals surface area contributed by atoms with Crippen molar-refractivity contribution in [2.45, 2.75) is 27.0 Å². The Hall–Kier alpha value is -4.33. The Labute approximate surface area is 197 Å². The van der Waals surface area contributed by atoms with Crippen LogP contribution < -0.4 is 19.5 Å². The quantitative estimate of drug-likeness (QED) is 0.376. The third-order valence-corrected chi connectivity index (χ3v) is 5.17. The van der Waals surface area contributed by atoms with Crippen LogP contribution in [0.4, 0.5) is 0 Å². The molecule has 0 saturated carbocycles. The van der Waals surface area contributed by atoms with E-state index in [0.29, 0.717) is 41.8 Å². The molecule has 4 aromatic rings. The number of amides is 1. The smallest absolute Gasteiger partial charge is 0.251 e. The molecule has 8 heteroatoms. The summed E-state index contributed by atoms with van der Waals surface area (Å²) >= 11 is 0. The first-order valence-corrected chi connectivity index (χ1v) is 10.7. The second-order valence-corrected chi connectivity index (χ2v) is 7.59. The molecule has 2 aromatic heterocycles. The Bertz CT molecular complexity index is 1250. The fourth-order valence-corrected chi connectivity index (χ4v) is 3.24. The van der Waals surface area contributed by atoms with Crippen LogP contribution in [-0.4, -0.2) is 23.2 Å². The van der Waals surface area contributed by atoms with Crippen molar-refractivity contribution in [3.05, 3.63) is 95.0 Å². The van der Waals surface area contributed by atoms with Crippen molar-refractivity contribution in [2.75, 3.05) is 7.11 Å². The van der Waals surface area contributed by atoms with E-state index in [4.69, 9.17) is 18.7 Å². The lowest BCUT2D eigenvalue weighted by Crippen LogP contribution is -2.22. The second kappa shape index (κ2) is 10.5. The molecule has 1 N–H and O–H groups in total. The van der Waals surface area contributed by atoms with E-state index in [1.54, 1.807) is 49.7 Å². The number of rotatable bonds is 9. The van der Waals surface area contributed by atoms with Crippen LogP contribution in [0.2, 0.25) is 0 Å². The van der Waals surface area contributed by atoms with Crippen LogP contribution in [0.5, 0.6) is 23.1 Å². The molecular weight excluding hydrogens is 434 g/mol. The van der Waals surface area contributed by atoms with Gasteiger partial charge in [0.05, 0.1) is 18.4 Å². The van der Waals surface area contributed by atoms with Gasteiger partial charge in [0, 0.05) is 30.4 Å². The molecule has 0 bridgehead atoms. The number of hydrogen-bond donors (Lipinski definition) is 1. The number of ether oxygens (including phenoxy) is 3. The van der Waals surface area contributed by atoms with Gasteiger partial charge < -0.3 is 24.1 Å². The van der Waals surface area contributed by atoms with Gasteiger partial charge in [-0.1, -0.05) is 23.4 Å². The number of nitrogens with one attached hydrogen (secondary N) is 1. The standard InChI is InChI=1S/C26H25N3O5/c1-17-24(18(2)34-29-17)16-32-22-8-4-6-20(12-22)26(30)28-15-19-10-11-25(27-14-19)33-23-9-5-7-21(13-23)31-3/h4-14H,15-16H2,1-3H3,(H,28,30). The van der Waals surface area contributed by atoms with Gasteiger partial charge in [0.15, 0.2) is 0 Å². The monoisotopic (exact) mass is 459 g/mol. The summed E-state index contributed by atoms with van der Waals surface area (Å²) in [5.74, 6) is 2.89. The van der Waals surface area contributed by atoms with E-state index in [1.165, 1.54) is 0 Å². The van der Waals surface area contributed by atoms with Gasteiger partial charge in [-0.3, -0.25) is 4.79 Å². The van der Waals surface area contributed by atoms with Crippen LogP contribution in [-0.2, 0) is 13.2 Å². The maximum absolute atomic E-state index is 12.6. The molecule has 0 unspecified atom stereocenters. The predicted molar refractivity (Wildman–Crippen MR) is 125 cm³/mol. The Balaban J connectivity index is 1.31. The number of hydrogen-bond acceptors (Lipinski definition) is 7. The van der Waals surface area contributed by atoms with Crippen molar-refractivity contribution in [3.63, 3.8) is 0 Å². The molecule has 0 spiro atoms. The number of pyridine rings is 1. The van der Waals surface area contributed by atoms with Gasteiger partial charge in [0.25, 0.3) is 5.91 Å². The molecule has 0 saturated heterocycles. The molecule has 174 valence electrons. The molecule has 0 fully saturated rings. The Morgan fingerprint density at radius 3 is 2.53 bits per heavy atom. The highest BCUT2D eigenvalue weighted by Crippen LogP contribution is 2.24. The summed E-state index contributed by atoms with van der Waals surface area (Å²) in [4.78, 5) is 16.9. The lowest BCUT2D eigenvalue weighted by atomic mass is 10.2. The van der Waals surface area contributed by atoms with Gasteiger partial charge in [-0.05, 0) is 49.7 Å². The van der Waals surface area contributed by atoms with E-state index in [-0.39, 0.29) is 5.91 Å². The Morgan fingerprint density at radius 1 is 1.00 bits per heavy atom. The molecule has 34 heavy (non-hydrogen) atoms. The summed E-state index contributed by atoms with van der Waals surface area (Å²) in [6, 6.07) is 17.9. The molecule has 1 amide bonds. The maximum atomic E-state index is 12.6. The van der Waals surface area contributed by atoms with Gasteiger partial charge in [-0.2, -0.15) is 0 Å². The van der Waals surface area contributed by atoms with E-state index < -0.39 is 0 Å². The van der Waals surface area contributed by atoms with Gasteiger partial charge in [0.2, 0.25) is 5.88 Å². The first-order chi connectivity index (χ1) is 16.5. The Kier molecular flexibility index (Phi) is 7.07. The summed E-state index contributed by atoms with van der Waals surface area (Å²) in [5, 5.41) is 6.82. The summed E-state index contributed by atoms with van der Waals surface area (Å²) in [7, 11) is 1.60. The average Bonchev–Trinajstić information content (AvgIpc) is 3.19. The van der Waals surface area contributed by atoms with Gasteiger partial charge in [0.1, 0.15) is 29.6 Å².